The highest BCUT2D eigenvalue weighted by Gasteiger charge is 2.36. The highest BCUT2D eigenvalue weighted by molar-refractivity contribution is 5.81. The van der Waals surface area contributed by atoms with Crippen molar-refractivity contribution in [2.75, 3.05) is 18.4 Å². The van der Waals surface area contributed by atoms with Gasteiger partial charge in [0.1, 0.15) is 0 Å². The van der Waals surface area contributed by atoms with Gasteiger partial charge in [0.05, 0.1) is 22.6 Å². The lowest BCUT2D eigenvalue weighted by Gasteiger charge is -2.23. The number of rotatable bonds is 5. The van der Waals surface area contributed by atoms with E-state index in [-0.39, 0.29) is 17.5 Å². The molecule has 4 nitrogen and oxygen atoms in total. The van der Waals surface area contributed by atoms with Gasteiger partial charge in [0.15, 0.2) is 0 Å². The number of hydrogen-bond donors (Lipinski definition) is 2. The summed E-state index contributed by atoms with van der Waals surface area (Å²) in [5.41, 5.74) is 0.571. The number of halogens is 3. The fourth-order valence-electron chi connectivity index (χ4n) is 2.77. The van der Waals surface area contributed by atoms with Crippen LogP contribution in [0.4, 0.5) is 18.9 Å². The monoisotopic (exact) mass is 351 g/mol. The maximum atomic E-state index is 13.1. The predicted molar refractivity (Wildman–Crippen MR) is 90.9 cm³/mol. The molecule has 134 valence electrons. The maximum Gasteiger partial charge on any atom is 0.417 e. The first kappa shape index (κ1) is 17.5. The number of aromatic nitrogens is 1. The summed E-state index contributed by atoms with van der Waals surface area (Å²) in [6, 6.07) is 1.79. The average molecular weight is 351 g/mol. The van der Waals surface area contributed by atoms with Gasteiger partial charge in [0.2, 0.25) is 5.91 Å². The third-order valence-corrected chi connectivity index (χ3v) is 4.30. The first-order valence-corrected chi connectivity index (χ1v) is 8.35. The molecule has 0 unspecified atom stereocenters. The quantitative estimate of drug-likeness (QED) is 0.853. The van der Waals surface area contributed by atoms with E-state index in [1.54, 1.807) is 18.2 Å². The second-order valence-electron chi connectivity index (χ2n) is 6.36. The van der Waals surface area contributed by atoms with E-state index in [4.69, 9.17) is 0 Å². The van der Waals surface area contributed by atoms with Crippen molar-refractivity contribution in [1.82, 2.24) is 10.3 Å². The second-order valence-corrected chi connectivity index (χ2v) is 6.36. The van der Waals surface area contributed by atoms with Crippen molar-refractivity contribution >= 4 is 23.2 Å². The molecule has 1 fully saturated rings. The Balaban J connectivity index is 1.79. The van der Waals surface area contributed by atoms with Crippen LogP contribution in [0.2, 0.25) is 0 Å². The van der Waals surface area contributed by atoms with E-state index >= 15 is 0 Å². The summed E-state index contributed by atoms with van der Waals surface area (Å²) in [5.74, 6) is 0.154. The van der Waals surface area contributed by atoms with Gasteiger partial charge in [-0.1, -0.05) is 12.7 Å². The van der Waals surface area contributed by atoms with E-state index in [0.717, 1.165) is 24.8 Å². The molecule has 0 aromatic carbocycles. The van der Waals surface area contributed by atoms with Crippen molar-refractivity contribution in [3.63, 3.8) is 0 Å². The van der Waals surface area contributed by atoms with Crippen LogP contribution >= 0.6 is 0 Å². The normalized spacial score (nSPS) is 17.1. The number of anilines is 1. The lowest BCUT2D eigenvalue weighted by molar-refractivity contribution is -0.122. The van der Waals surface area contributed by atoms with Gasteiger partial charge in [-0.2, -0.15) is 13.2 Å². The molecule has 1 amide bonds. The molecule has 1 aliphatic carbocycles. The molecular formula is C18H20F3N3O. The third-order valence-electron chi connectivity index (χ3n) is 4.30. The molecule has 0 atom stereocenters. The van der Waals surface area contributed by atoms with E-state index < -0.39 is 11.7 Å². The van der Waals surface area contributed by atoms with Crippen LogP contribution in [0.15, 0.2) is 18.7 Å². The number of fused-ring (bicyclic) bond motifs is 1. The summed E-state index contributed by atoms with van der Waals surface area (Å²) in [4.78, 5) is 15.7. The van der Waals surface area contributed by atoms with Crippen molar-refractivity contribution in [3.05, 3.63) is 35.7 Å². The van der Waals surface area contributed by atoms with E-state index in [2.05, 4.69) is 22.2 Å². The summed E-state index contributed by atoms with van der Waals surface area (Å²) < 4.78 is 39.2. The van der Waals surface area contributed by atoms with Crippen LogP contribution in [-0.4, -0.2) is 30.2 Å². The molecule has 3 rings (SSSR count). The van der Waals surface area contributed by atoms with Crippen molar-refractivity contribution in [3.8, 4) is 0 Å². The number of nitrogens with zero attached hydrogens (tertiary/aromatic N) is 1. The van der Waals surface area contributed by atoms with Crippen LogP contribution < -0.4 is 10.6 Å². The van der Waals surface area contributed by atoms with Crippen LogP contribution in [-0.2, 0) is 11.2 Å². The summed E-state index contributed by atoms with van der Waals surface area (Å²) in [6.07, 6.45) is 2.22. The molecule has 0 spiro atoms. The minimum Gasteiger partial charge on any atom is -0.383 e. The van der Waals surface area contributed by atoms with Gasteiger partial charge in [-0.05, 0) is 43.4 Å². The number of alkyl halides is 3. The number of carbonyl (C=O) groups excluding carboxylic acids is 1. The van der Waals surface area contributed by atoms with Gasteiger partial charge in [-0.3, -0.25) is 4.79 Å². The summed E-state index contributed by atoms with van der Waals surface area (Å²) >= 11 is 0. The van der Waals surface area contributed by atoms with Gasteiger partial charge in [0, 0.05) is 19.0 Å². The maximum absolute atomic E-state index is 13.1. The minimum absolute atomic E-state index is 0.0263. The lowest BCUT2D eigenvalue weighted by atomic mass is 9.99. The molecule has 0 bridgehead atoms. The van der Waals surface area contributed by atoms with E-state index in [1.165, 1.54) is 0 Å². The first-order chi connectivity index (χ1) is 11.9. The van der Waals surface area contributed by atoms with Gasteiger partial charge in [-0.25, -0.2) is 4.98 Å². The topological polar surface area (TPSA) is 54.0 Å². The zero-order chi connectivity index (χ0) is 18.0. The van der Waals surface area contributed by atoms with Crippen LogP contribution in [0.1, 0.15) is 36.2 Å². The standard InChI is InChI=1S/C18H20F3N3O/c1-11(18(19,20)21)15-16-13(4-2-8-22-16)10-14(24-15)5-3-9-23-17(25)12-6-7-12/h3,5,10,12,22H,1-2,4,6-9H2,(H,23,25)/b5-3+. The molecule has 2 N–H and O–H groups in total. The largest absolute Gasteiger partial charge is 0.417 e. The van der Waals surface area contributed by atoms with E-state index in [0.29, 0.717) is 30.9 Å². The average Bonchev–Trinajstić information content (AvgIpc) is 3.41. The number of aryl methyl sites for hydroxylation is 1. The zero-order valence-electron chi connectivity index (χ0n) is 13.7. The van der Waals surface area contributed by atoms with Crippen molar-refractivity contribution < 1.29 is 18.0 Å². The molecule has 0 radical (unpaired) electrons. The smallest absolute Gasteiger partial charge is 0.383 e. The van der Waals surface area contributed by atoms with E-state index in [9.17, 15) is 18.0 Å². The molecule has 1 aliphatic heterocycles. The third kappa shape index (κ3) is 4.21. The number of pyridine rings is 1. The molecular weight excluding hydrogens is 331 g/mol. The lowest BCUT2D eigenvalue weighted by Crippen LogP contribution is -2.24. The highest BCUT2D eigenvalue weighted by atomic mass is 19.4. The van der Waals surface area contributed by atoms with Crippen LogP contribution in [0, 0.1) is 5.92 Å². The van der Waals surface area contributed by atoms with Crippen LogP contribution in [0.5, 0.6) is 0 Å². The van der Waals surface area contributed by atoms with Crippen molar-refractivity contribution in [1.29, 1.82) is 0 Å². The second kappa shape index (κ2) is 6.90. The SMILES string of the molecule is C=C(c1nc(/C=C/CNC(=O)C2CC2)cc2c1NCCC2)C(F)(F)F. The number of amides is 1. The Hall–Kier alpha value is -2.31. The summed E-state index contributed by atoms with van der Waals surface area (Å²) in [6.45, 7) is 4.14. The Bertz CT molecular complexity index is 721. The Morgan fingerprint density at radius 3 is 2.88 bits per heavy atom. The van der Waals surface area contributed by atoms with E-state index in [1.807, 2.05) is 0 Å². The molecule has 1 saturated carbocycles. The number of hydrogen-bond acceptors (Lipinski definition) is 3. The van der Waals surface area contributed by atoms with Crippen molar-refractivity contribution in [2.45, 2.75) is 31.9 Å². The summed E-state index contributed by atoms with van der Waals surface area (Å²) in [5, 5.41) is 5.78. The molecule has 2 heterocycles. The Kier molecular flexibility index (Phi) is 4.83. The molecule has 1 aromatic heterocycles. The number of carbonyl (C=O) groups is 1. The van der Waals surface area contributed by atoms with Gasteiger partial charge >= 0.3 is 6.18 Å². The molecule has 0 saturated heterocycles. The van der Waals surface area contributed by atoms with Gasteiger partial charge < -0.3 is 10.6 Å². The Labute approximate surface area is 144 Å². The number of allylic oxidation sites excluding steroid dienone is 1. The van der Waals surface area contributed by atoms with Gasteiger partial charge in [0.25, 0.3) is 0 Å². The van der Waals surface area contributed by atoms with Crippen LogP contribution in [0.25, 0.3) is 11.6 Å². The Morgan fingerprint density at radius 2 is 2.20 bits per heavy atom. The molecule has 2 aliphatic rings. The van der Waals surface area contributed by atoms with Gasteiger partial charge in [-0.15, -0.1) is 0 Å². The Morgan fingerprint density at radius 1 is 1.44 bits per heavy atom. The predicted octanol–water partition coefficient (Wildman–Crippen LogP) is 3.55. The number of nitrogens with one attached hydrogen (secondary N) is 2. The first-order valence-electron chi connectivity index (χ1n) is 8.35. The fraction of sp³-hybridized carbons (Fsp3) is 0.444. The summed E-state index contributed by atoms with van der Waals surface area (Å²) in [7, 11) is 0. The minimum atomic E-state index is -4.53. The molecule has 25 heavy (non-hydrogen) atoms. The molecule has 1 aromatic rings. The molecule has 7 heteroatoms. The highest BCUT2D eigenvalue weighted by Crippen LogP contribution is 2.38. The zero-order valence-corrected chi connectivity index (χ0v) is 13.7. The van der Waals surface area contributed by atoms with Crippen LogP contribution in [0.3, 0.4) is 0 Å². The van der Waals surface area contributed by atoms with Crippen molar-refractivity contribution in [2.24, 2.45) is 5.92 Å². The fourth-order valence-corrected chi connectivity index (χ4v) is 2.77.